The van der Waals surface area contributed by atoms with Crippen LogP contribution in [0.5, 0.6) is 5.75 Å². The summed E-state index contributed by atoms with van der Waals surface area (Å²) in [4.78, 5) is 17.3. The number of ether oxygens (including phenoxy) is 1. The number of hydrogen-bond donors (Lipinski definition) is 1. The zero-order chi connectivity index (χ0) is 25.4. The van der Waals surface area contributed by atoms with Crippen molar-refractivity contribution < 1.29 is 22.7 Å². The lowest BCUT2D eigenvalue weighted by molar-refractivity contribution is -0.137. The van der Waals surface area contributed by atoms with Gasteiger partial charge in [-0.3, -0.25) is 10.1 Å². The van der Waals surface area contributed by atoms with Crippen molar-refractivity contribution in [1.82, 2.24) is 4.98 Å². The number of rotatable bonds is 9. The third-order valence-electron chi connectivity index (χ3n) is 4.83. The number of halogens is 4. The minimum Gasteiger partial charge on any atom is -0.494 e. The summed E-state index contributed by atoms with van der Waals surface area (Å²) >= 11 is 7.15. The Bertz CT molecular complexity index is 1250. The van der Waals surface area contributed by atoms with E-state index in [-0.39, 0.29) is 22.1 Å². The smallest absolute Gasteiger partial charge is 0.416 e. The second kappa shape index (κ2) is 11.9. The Labute approximate surface area is 209 Å². The molecule has 0 saturated carbocycles. The molecule has 0 aliphatic rings. The van der Waals surface area contributed by atoms with Crippen LogP contribution in [-0.2, 0) is 17.4 Å². The van der Waals surface area contributed by atoms with Gasteiger partial charge in [-0.2, -0.15) is 18.4 Å². The van der Waals surface area contributed by atoms with Gasteiger partial charge < -0.3 is 4.74 Å². The zero-order valence-corrected chi connectivity index (χ0v) is 20.2. The number of anilines is 1. The number of nitrogens with one attached hydrogen (secondary N) is 1. The SMILES string of the molecule is CCCCOc1ccc(C=C(C#N)C(=O)Nc2ncc(Cc3cc(C(F)(F)F)ccc3Cl)s2)cc1. The van der Waals surface area contributed by atoms with Crippen LogP contribution >= 0.6 is 22.9 Å². The first kappa shape index (κ1) is 26.3. The van der Waals surface area contributed by atoms with Crippen LogP contribution in [0.3, 0.4) is 0 Å². The van der Waals surface area contributed by atoms with Crippen LogP contribution in [0.4, 0.5) is 18.3 Å². The Morgan fingerprint density at radius 3 is 2.66 bits per heavy atom. The Morgan fingerprint density at radius 2 is 2.00 bits per heavy atom. The minimum absolute atomic E-state index is 0.115. The Kier molecular flexibility index (Phi) is 8.90. The summed E-state index contributed by atoms with van der Waals surface area (Å²) in [6, 6.07) is 12.0. The molecule has 3 aromatic rings. The summed E-state index contributed by atoms with van der Waals surface area (Å²) < 4.78 is 44.6. The fraction of sp³-hybridized carbons (Fsp3) is 0.240. The van der Waals surface area contributed by atoms with Crippen LogP contribution in [0, 0.1) is 11.3 Å². The molecule has 0 aliphatic heterocycles. The highest BCUT2D eigenvalue weighted by Gasteiger charge is 2.31. The van der Waals surface area contributed by atoms with E-state index >= 15 is 0 Å². The Hall–Kier alpha value is -3.35. The molecule has 0 saturated heterocycles. The van der Waals surface area contributed by atoms with Crippen molar-refractivity contribution in [3.8, 4) is 11.8 Å². The average molecular weight is 520 g/mol. The van der Waals surface area contributed by atoms with E-state index in [2.05, 4.69) is 17.2 Å². The molecule has 0 radical (unpaired) electrons. The predicted octanol–water partition coefficient (Wildman–Crippen LogP) is 7.13. The van der Waals surface area contributed by atoms with E-state index in [0.717, 1.165) is 36.3 Å². The van der Waals surface area contributed by atoms with Crippen LogP contribution in [0.15, 0.2) is 54.2 Å². The number of aromatic nitrogens is 1. The molecule has 0 atom stereocenters. The molecule has 2 aromatic carbocycles. The van der Waals surface area contributed by atoms with Gasteiger partial charge in [0.15, 0.2) is 5.13 Å². The van der Waals surface area contributed by atoms with Gasteiger partial charge in [0.25, 0.3) is 5.91 Å². The summed E-state index contributed by atoms with van der Waals surface area (Å²) in [6.07, 6.45) is 0.511. The third-order valence-corrected chi connectivity index (χ3v) is 6.12. The van der Waals surface area contributed by atoms with Crippen LogP contribution in [0.25, 0.3) is 6.08 Å². The molecular weight excluding hydrogens is 499 g/mol. The summed E-state index contributed by atoms with van der Waals surface area (Å²) in [7, 11) is 0. The van der Waals surface area contributed by atoms with Gasteiger partial charge in [-0.05, 0) is 54.0 Å². The average Bonchev–Trinajstić information content (AvgIpc) is 3.25. The van der Waals surface area contributed by atoms with Gasteiger partial charge in [-0.1, -0.05) is 37.1 Å². The van der Waals surface area contributed by atoms with Gasteiger partial charge in [0.05, 0.1) is 12.2 Å². The van der Waals surface area contributed by atoms with Crippen molar-refractivity contribution in [2.45, 2.75) is 32.4 Å². The zero-order valence-electron chi connectivity index (χ0n) is 18.7. The number of carbonyl (C=O) groups excluding carboxylic acids is 1. The van der Waals surface area contributed by atoms with Crippen molar-refractivity contribution in [1.29, 1.82) is 5.26 Å². The summed E-state index contributed by atoms with van der Waals surface area (Å²) in [5.74, 6) is 0.0588. The predicted molar refractivity (Wildman–Crippen MR) is 130 cm³/mol. The summed E-state index contributed by atoms with van der Waals surface area (Å²) in [5.41, 5.74) is 0.0305. The molecule has 1 aromatic heterocycles. The summed E-state index contributed by atoms with van der Waals surface area (Å²) in [5, 5.41) is 12.4. The van der Waals surface area contributed by atoms with E-state index in [1.54, 1.807) is 24.3 Å². The molecule has 0 bridgehead atoms. The first-order chi connectivity index (χ1) is 16.7. The molecular formula is C25H21ClF3N3O2S. The number of hydrogen-bond acceptors (Lipinski definition) is 5. The van der Waals surface area contributed by atoms with E-state index in [0.29, 0.717) is 28.4 Å². The van der Waals surface area contributed by atoms with E-state index in [1.807, 2.05) is 6.07 Å². The maximum Gasteiger partial charge on any atom is 0.416 e. The number of alkyl halides is 3. The number of nitrogens with zero attached hydrogens (tertiary/aromatic N) is 2. The lowest BCUT2D eigenvalue weighted by Crippen LogP contribution is -2.13. The molecule has 1 N–H and O–H groups in total. The monoisotopic (exact) mass is 519 g/mol. The highest BCUT2D eigenvalue weighted by atomic mass is 35.5. The van der Waals surface area contributed by atoms with E-state index in [4.69, 9.17) is 16.3 Å². The second-order valence-corrected chi connectivity index (χ2v) is 9.03. The van der Waals surface area contributed by atoms with Crippen LogP contribution in [-0.4, -0.2) is 17.5 Å². The maximum absolute atomic E-state index is 13.0. The number of amides is 1. The molecule has 3 rings (SSSR count). The molecule has 0 unspecified atom stereocenters. The summed E-state index contributed by atoms with van der Waals surface area (Å²) in [6.45, 7) is 2.69. The van der Waals surface area contributed by atoms with Gasteiger partial charge >= 0.3 is 6.18 Å². The lowest BCUT2D eigenvalue weighted by Gasteiger charge is -2.09. The van der Waals surface area contributed by atoms with Gasteiger partial charge in [0.2, 0.25) is 0 Å². The van der Waals surface area contributed by atoms with E-state index in [1.165, 1.54) is 18.3 Å². The Balaban J connectivity index is 1.66. The molecule has 5 nitrogen and oxygen atoms in total. The maximum atomic E-state index is 13.0. The quantitative estimate of drug-likeness (QED) is 0.185. The van der Waals surface area contributed by atoms with Gasteiger partial charge in [-0.25, -0.2) is 4.98 Å². The number of nitriles is 1. The van der Waals surface area contributed by atoms with Crippen LogP contribution in [0.1, 0.15) is 41.3 Å². The van der Waals surface area contributed by atoms with Crippen molar-refractivity contribution in [3.63, 3.8) is 0 Å². The molecule has 1 amide bonds. The number of thiazole rings is 1. The topological polar surface area (TPSA) is 75.0 Å². The fourth-order valence-corrected chi connectivity index (χ4v) is 4.01. The normalized spacial score (nSPS) is 11.7. The highest BCUT2D eigenvalue weighted by Crippen LogP contribution is 2.33. The van der Waals surface area contributed by atoms with Crippen molar-refractivity contribution in [2.24, 2.45) is 0 Å². The molecule has 0 fully saturated rings. The third kappa shape index (κ3) is 7.57. The molecule has 182 valence electrons. The number of benzene rings is 2. The number of carbonyl (C=O) groups is 1. The second-order valence-electron chi connectivity index (χ2n) is 7.51. The van der Waals surface area contributed by atoms with Gasteiger partial charge in [-0.15, -0.1) is 11.3 Å². The van der Waals surface area contributed by atoms with E-state index in [9.17, 15) is 23.2 Å². The first-order valence-corrected chi connectivity index (χ1v) is 11.9. The largest absolute Gasteiger partial charge is 0.494 e. The number of unbranched alkanes of at least 4 members (excludes halogenated alkanes) is 1. The van der Waals surface area contributed by atoms with Crippen LogP contribution in [0.2, 0.25) is 5.02 Å². The van der Waals surface area contributed by atoms with Crippen LogP contribution < -0.4 is 10.1 Å². The first-order valence-electron chi connectivity index (χ1n) is 10.7. The molecule has 1 heterocycles. The molecule has 35 heavy (non-hydrogen) atoms. The van der Waals surface area contributed by atoms with E-state index < -0.39 is 17.6 Å². The molecule has 10 heteroatoms. The molecule has 0 aliphatic carbocycles. The Morgan fingerprint density at radius 1 is 1.26 bits per heavy atom. The van der Waals surface area contributed by atoms with Gasteiger partial charge in [0, 0.05) is 22.5 Å². The van der Waals surface area contributed by atoms with Crippen molar-refractivity contribution >= 4 is 40.1 Å². The minimum atomic E-state index is -4.48. The fourth-order valence-electron chi connectivity index (χ4n) is 3.00. The lowest BCUT2D eigenvalue weighted by atomic mass is 10.1. The molecule has 0 spiro atoms. The van der Waals surface area contributed by atoms with Gasteiger partial charge in [0.1, 0.15) is 17.4 Å². The van der Waals surface area contributed by atoms with Crippen molar-refractivity contribution in [3.05, 3.63) is 80.8 Å². The highest BCUT2D eigenvalue weighted by molar-refractivity contribution is 7.15. The van der Waals surface area contributed by atoms with Crippen molar-refractivity contribution in [2.75, 3.05) is 11.9 Å². The standard InChI is InChI=1S/C25H21ClF3N3O2S/c1-2-3-10-34-20-7-4-16(5-8-20)11-18(14-30)23(33)32-24-31-15-21(35-24)13-17-12-19(25(27,28)29)6-9-22(17)26/h4-9,11-12,15H,2-3,10,13H2,1H3,(H,31,32,33).